The molecule has 2 heterocycles. The maximum atomic E-state index is 12.8. The van der Waals surface area contributed by atoms with Gasteiger partial charge in [-0.1, -0.05) is 15.9 Å². The van der Waals surface area contributed by atoms with Gasteiger partial charge in [0.05, 0.1) is 19.0 Å². The lowest BCUT2D eigenvalue weighted by molar-refractivity contribution is 0.0767. The van der Waals surface area contributed by atoms with Gasteiger partial charge in [-0.25, -0.2) is 4.98 Å². The Bertz CT molecular complexity index is 1100. The third-order valence-electron chi connectivity index (χ3n) is 5.56. The predicted molar refractivity (Wildman–Crippen MR) is 132 cm³/mol. The molecule has 8 heteroatoms. The maximum Gasteiger partial charge on any atom is 0.255 e. The number of carbonyl (C=O) groups is 2. The number of amides is 2. The van der Waals surface area contributed by atoms with E-state index in [1.165, 1.54) is 0 Å². The highest BCUT2D eigenvalue weighted by Gasteiger charge is 2.21. The lowest BCUT2D eigenvalue weighted by Gasteiger charge is -2.23. The van der Waals surface area contributed by atoms with Gasteiger partial charge in [0.2, 0.25) is 0 Å². The minimum atomic E-state index is -0.205. The van der Waals surface area contributed by atoms with Gasteiger partial charge in [-0.3, -0.25) is 9.59 Å². The number of anilines is 2. The largest absolute Gasteiger partial charge is 0.497 e. The van der Waals surface area contributed by atoms with Gasteiger partial charge >= 0.3 is 0 Å². The van der Waals surface area contributed by atoms with E-state index >= 15 is 0 Å². The minimum absolute atomic E-state index is 0.0499. The second kappa shape index (κ2) is 10.5. The fourth-order valence-electron chi connectivity index (χ4n) is 3.72. The Balaban J connectivity index is 1.35. The molecule has 3 aromatic rings. The quantitative estimate of drug-likeness (QED) is 0.550. The topological polar surface area (TPSA) is 74.8 Å². The molecule has 2 aromatic carbocycles. The first-order chi connectivity index (χ1) is 16.0. The van der Waals surface area contributed by atoms with Gasteiger partial charge in [-0.15, -0.1) is 0 Å². The molecular weight excluding hydrogens is 484 g/mol. The van der Waals surface area contributed by atoms with Crippen LogP contribution in [-0.2, 0) is 0 Å². The third-order valence-corrected chi connectivity index (χ3v) is 6.08. The van der Waals surface area contributed by atoms with Crippen molar-refractivity contribution in [3.63, 3.8) is 0 Å². The molecule has 170 valence electrons. The molecule has 1 aliphatic rings. The smallest absolute Gasteiger partial charge is 0.255 e. The van der Waals surface area contributed by atoms with Crippen LogP contribution in [0.2, 0.25) is 0 Å². The number of methoxy groups -OCH3 is 1. The first-order valence-corrected chi connectivity index (χ1v) is 11.5. The molecule has 1 N–H and O–H groups in total. The molecular formula is C25H25BrN4O3. The molecule has 33 heavy (non-hydrogen) atoms. The summed E-state index contributed by atoms with van der Waals surface area (Å²) in [5.41, 5.74) is 1.87. The van der Waals surface area contributed by atoms with Gasteiger partial charge in [0.1, 0.15) is 11.6 Å². The van der Waals surface area contributed by atoms with Gasteiger partial charge in [-0.2, -0.15) is 0 Å². The van der Waals surface area contributed by atoms with Crippen molar-refractivity contribution >= 4 is 39.2 Å². The van der Waals surface area contributed by atoms with E-state index in [0.29, 0.717) is 42.2 Å². The number of aromatic nitrogens is 1. The number of rotatable bonds is 5. The summed E-state index contributed by atoms with van der Waals surface area (Å²) in [6.45, 7) is 2.86. The molecule has 0 aliphatic carbocycles. The lowest BCUT2D eigenvalue weighted by Crippen LogP contribution is -2.35. The number of ether oxygens (including phenoxy) is 1. The number of halogens is 1. The summed E-state index contributed by atoms with van der Waals surface area (Å²) in [6.07, 6.45) is 2.52. The zero-order valence-corrected chi connectivity index (χ0v) is 19.9. The molecule has 4 rings (SSSR count). The van der Waals surface area contributed by atoms with E-state index < -0.39 is 0 Å². The normalized spacial score (nSPS) is 13.9. The second-order valence-corrected chi connectivity index (χ2v) is 8.64. The average molecular weight is 509 g/mol. The van der Waals surface area contributed by atoms with Crippen molar-refractivity contribution in [2.24, 2.45) is 0 Å². The van der Waals surface area contributed by atoms with E-state index in [9.17, 15) is 9.59 Å². The van der Waals surface area contributed by atoms with Crippen LogP contribution in [-0.4, -0.2) is 55.0 Å². The third kappa shape index (κ3) is 5.70. The van der Waals surface area contributed by atoms with Crippen LogP contribution in [0, 0.1) is 0 Å². The molecule has 0 saturated carbocycles. The molecule has 2 amide bonds. The van der Waals surface area contributed by atoms with Crippen LogP contribution in [0.1, 0.15) is 27.1 Å². The monoisotopic (exact) mass is 508 g/mol. The predicted octanol–water partition coefficient (Wildman–Crippen LogP) is 4.46. The second-order valence-electron chi connectivity index (χ2n) is 7.73. The zero-order chi connectivity index (χ0) is 23.2. The number of carbonyl (C=O) groups excluding carboxylic acids is 2. The highest BCUT2D eigenvalue weighted by atomic mass is 79.9. The zero-order valence-electron chi connectivity index (χ0n) is 18.3. The maximum absolute atomic E-state index is 12.8. The average Bonchev–Trinajstić information content (AvgIpc) is 3.11. The molecule has 1 saturated heterocycles. The summed E-state index contributed by atoms with van der Waals surface area (Å²) in [6, 6.07) is 18.1. The van der Waals surface area contributed by atoms with Crippen molar-refractivity contribution in [3.05, 3.63) is 82.5 Å². The molecule has 0 spiro atoms. The molecule has 1 fully saturated rings. The van der Waals surface area contributed by atoms with Gasteiger partial charge in [-0.05, 0) is 67.1 Å². The molecule has 1 aromatic heterocycles. The van der Waals surface area contributed by atoms with Crippen LogP contribution in [0.15, 0.2) is 71.3 Å². The number of nitrogens with one attached hydrogen (secondary N) is 1. The first-order valence-electron chi connectivity index (χ1n) is 10.7. The Labute approximate surface area is 201 Å². The SMILES string of the molecule is COc1ccc(C(=O)Nc2ccc(N3CCCN(C(=O)c4ccc(Br)cc4)CC3)nc2)cc1. The molecule has 0 unspecified atom stereocenters. The summed E-state index contributed by atoms with van der Waals surface area (Å²) in [4.78, 5) is 33.9. The van der Waals surface area contributed by atoms with Crippen LogP contribution in [0.25, 0.3) is 0 Å². The van der Waals surface area contributed by atoms with Crippen LogP contribution in [0.3, 0.4) is 0 Å². The van der Waals surface area contributed by atoms with Gasteiger partial charge in [0.25, 0.3) is 11.8 Å². The van der Waals surface area contributed by atoms with E-state index in [-0.39, 0.29) is 11.8 Å². The van der Waals surface area contributed by atoms with Gasteiger partial charge < -0.3 is 19.9 Å². The summed E-state index contributed by atoms with van der Waals surface area (Å²) < 4.78 is 6.08. The van der Waals surface area contributed by atoms with Crippen LogP contribution in [0.5, 0.6) is 5.75 Å². The van der Waals surface area contributed by atoms with Crippen LogP contribution < -0.4 is 15.0 Å². The van der Waals surface area contributed by atoms with Crippen molar-refractivity contribution in [1.29, 1.82) is 0 Å². The highest BCUT2D eigenvalue weighted by molar-refractivity contribution is 9.10. The van der Waals surface area contributed by atoms with Crippen molar-refractivity contribution < 1.29 is 14.3 Å². The Morgan fingerprint density at radius 2 is 1.64 bits per heavy atom. The van der Waals surface area contributed by atoms with Crippen LogP contribution >= 0.6 is 15.9 Å². The molecule has 0 radical (unpaired) electrons. The van der Waals surface area contributed by atoms with E-state index in [2.05, 4.69) is 31.1 Å². The molecule has 0 atom stereocenters. The summed E-state index contributed by atoms with van der Waals surface area (Å²) in [7, 11) is 1.59. The fourth-order valence-corrected chi connectivity index (χ4v) is 3.98. The van der Waals surface area contributed by atoms with E-state index in [4.69, 9.17) is 4.74 Å². The first kappa shape index (κ1) is 22.8. The van der Waals surface area contributed by atoms with Gasteiger partial charge in [0.15, 0.2) is 0 Å². The van der Waals surface area contributed by atoms with Crippen molar-refractivity contribution in [1.82, 2.24) is 9.88 Å². The highest BCUT2D eigenvalue weighted by Crippen LogP contribution is 2.19. The van der Waals surface area contributed by atoms with Crippen molar-refractivity contribution in [2.75, 3.05) is 43.5 Å². The van der Waals surface area contributed by atoms with Crippen LogP contribution in [0.4, 0.5) is 11.5 Å². The van der Waals surface area contributed by atoms with E-state index in [1.54, 1.807) is 37.6 Å². The summed E-state index contributed by atoms with van der Waals surface area (Å²) >= 11 is 3.41. The number of pyridine rings is 1. The minimum Gasteiger partial charge on any atom is -0.497 e. The Morgan fingerprint density at radius 1 is 0.909 bits per heavy atom. The number of hydrogen-bond acceptors (Lipinski definition) is 5. The molecule has 0 bridgehead atoms. The Kier molecular flexibility index (Phi) is 7.24. The van der Waals surface area contributed by atoms with Crippen molar-refractivity contribution in [3.8, 4) is 5.75 Å². The number of nitrogens with zero attached hydrogens (tertiary/aromatic N) is 3. The molecule has 7 nitrogen and oxygen atoms in total. The fraction of sp³-hybridized carbons (Fsp3) is 0.240. The summed E-state index contributed by atoms with van der Waals surface area (Å²) in [5, 5.41) is 2.87. The van der Waals surface area contributed by atoms with Gasteiger partial charge in [0, 0.05) is 41.8 Å². The summed E-state index contributed by atoms with van der Waals surface area (Å²) in [5.74, 6) is 1.38. The number of benzene rings is 2. The Hall–Kier alpha value is -3.39. The standard InChI is InChI=1S/C25H25BrN4O3/c1-33-22-10-5-18(6-11-22)24(31)28-21-9-12-23(27-17-21)29-13-2-14-30(16-15-29)25(32)19-3-7-20(26)8-4-19/h3-12,17H,2,13-16H2,1H3,(H,28,31). The molecule has 1 aliphatic heterocycles. The van der Waals surface area contributed by atoms with E-state index in [0.717, 1.165) is 23.3 Å². The Morgan fingerprint density at radius 3 is 2.30 bits per heavy atom. The number of hydrogen-bond donors (Lipinski definition) is 1. The van der Waals surface area contributed by atoms with Crippen molar-refractivity contribution in [2.45, 2.75) is 6.42 Å². The lowest BCUT2D eigenvalue weighted by atomic mass is 10.2. The van der Waals surface area contributed by atoms with E-state index in [1.807, 2.05) is 41.3 Å².